The van der Waals surface area contributed by atoms with E-state index in [1.807, 2.05) is 0 Å². The zero-order valence-electron chi connectivity index (χ0n) is 6.50. The van der Waals surface area contributed by atoms with Gasteiger partial charge in [0.05, 0.1) is 0 Å². The van der Waals surface area contributed by atoms with Crippen LogP contribution in [0.1, 0.15) is 0 Å². The zero-order chi connectivity index (χ0) is 7.02. The second-order valence-corrected chi connectivity index (χ2v) is 21.3. The third kappa shape index (κ3) is 1.84. The van der Waals surface area contributed by atoms with Crippen molar-refractivity contribution in [3.63, 3.8) is 0 Å². The molecular formula is C5H14P4. The summed E-state index contributed by atoms with van der Waals surface area (Å²) in [6, 6.07) is 0. The molecule has 0 nitrogen and oxygen atoms in total. The van der Waals surface area contributed by atoms with Gasteiger partial charge in [-0.3, -0.25) is 0 Å². The summed E-state index contributed by atoms with van der Waals surface area (Å²) in [5, 5.41) is 0. The lowest BCUT2D eigenvalue weighted by Gasteiger charge is -2.15. The highest BCUT2D eigenvalue weighted by Crippen LogP contribution is 3.01. The maximum absolute atomic E-state index is 2.53. The molecule has 0 spiro atoms. The first-order chi connectivity index (χ1) is 4.13. The Morgan fingerprint density at radius 2 is 1.11 bits per heavy atom. The second kappa shape index (κ2) is 3.41. The van der Waals surface area contributed by atoms with Crippen molar-refractivity contribution < 1.29 is 0 Å². The van der Waals surface area contributed by atoms with E-state index in [1.54, 1.807) is 5.90 Å². The van der Waals surface area contributed by atoms with Gasteiger partial charge in [-0.2, -0.15) is 0 Å². The number of hydrogen-bond acceptors (Lipinski definition) is 0. The van der Waals surface area contributed by atoms with E-state index in [1.165, 1.54) is 0 Å². The van der Waals surface area contributed by atoms with Crippen LogP contribution in [0, 0.1) is 0 Å². The largest absolute Gasteiger partial charge is 0.0749 e. The van der Waals surface area contributed by atoms with Crippen molar-refractivity contribution in [3.8, 4) is 0 Å². The van der Waals surface area contributed by atoms with Crippen molar-refractivity contribution in [1.82, 2.24) is 0 Å². The Labute approximate surface area is 62.9 Å². The summed E-state index contributed by atoms with van der Waals surface area (Å²) in [5.74, 6) is 1.63. The van der Waals surface area contributed by atoms with Gasteiger partial charge in [0.2, 0.25) is 0 Å². The van der Waals surface area contributed by atoms with Crippen LogP contribution in [0.5, 0.6) is 0 Å². The van der Waals surface area contributed by atoms with E-state index in [4.69, 9.17) is 0 Å². The molecule has 1 fully saturated rings. The highest BCUT2D eigenvalue weighted by Gasteiger charge is 2.30. The number of hydrogen-bond donors (Lipinski definition) is 0. The highest BCUT2D eigenvalue weighted by molar-refractivity contribution is 8.81. The van der Waals surface area contributed by atoms with Crippen LogP contribution in [-0.2, 0) is 0 Å². The van der Waals surface area contributed by atoms with E-state index in [0.717, 1.165) is 0 Å². The van der Waals surface area contributed by atoms with E-state index < -0.39 is 0 Å². The van der Waals surface area contributed by atoms with Gasteiger partial charge in [-0.1, -0.05) is 29.8 Å². The summed E-state index contributed by atoms with van der Waals surface area (Å²) in [7, 11) is 2.10. The van der Waals surface area contributed by atoms with Gasteiger partial charge >= 0.3 is 0 Å². The Hall–Kier alpha value is 1.72. The minimum atomic E-state index is 0.517. The van der Waals surface area contributed by atoms with Gasteiger partial charge in [-0.05, 0) is 32.6 Å². The molecule has 1 saturated heterocycles. The first-order valence-corrected chi connectivity index (χ1v) is 12.7. The normalized spacial score (nSPS) is 52.0. The molecule has 1 heterocycles. The molecule has 0 amide bonds. The first kappa shape index (κ1) is 8.81. The molecule has 0 N–H and O–H groups in total. The fourth-order valence-corrected chi connectivity index (χ4v) is 34.3. The topological polar surface area (TPSA) is 0 Å². The van der Waals surface area contributed by atoms with Crippen LogP contribution in [0.25, 0.3) is 0 Å². The van der Waals surface area contributed by atoms with Crippen molar-refractivity contribution in [2.45, 2.75) is 0 Å². The lowest BCUT2D eigenvalue weighted by molar-refractivity contribution is 2.10. The Balaban J connectivity index is 2.54. The van der Waals surface area contributed by atoms with Gasteiger partial charge in [0.15, 0.2) is 0 Å². The van der Waals surface area contributed by atoms with Gasteiger partial charge in [-0.15, -0.1) is 0 Å². The quantitative estimate of drug-likeness (QED) is 0.513. The standard InChI is InChI=1S/C5H14P4/c1-6-5-7(2)9(4)8(6)3/h5H2,1-4H3/t6-,7+,8+,9-. The maximum atomic E-state index is 2.53. The second-order valence-electron chi connectivity index (χ2n) is 2.44. The SMILES string of the molecule is C[P@]1[P@](C)[P@@](C)C[P@@]1C. The van der Waals surface area contributed by atoms with Crippen molar-refractivity contribution in [2.75, 3.05) is 32.6 Å². The smallest absolute Gasteiger partial charge is 0.00417 e. The molecule has 0 aromatic carbocycles. The van der Waals surface area contributed by atoms with Crippen molar-refractivity contribution in [2.24, 2.45) is 0 Å². The molecule has 4 heteroatoms. The minimum Gasteiger partial charge on any atom is -0.0749 e. The molecule has 1 rings (SSSR count). The summed E-state index contributed by atoms with van der Waals surface area (Å²) in [6.45, 7) is 10.1. The summed E-state index contributed by atoms with van der Waals surface area (Å²) in [6.07, 6.45) is 0. The Morgan fingerprint density at radius 3 is 1.22 bits per heavy atom. The predicted molar refractivity (Wildman–Crippen MR) is 56.2 cm³/mol. The molecule has 0 aromatic rings. The third-order valence-electron chi connectivity index (χ3n) is 1.82. The van der Waals surface area contributed by atoms with E-state index >= 15 is 0 Å². The third-order valence-corrected chi connectivity index (χ3v) is 30.2. The summed E-state index contributed by atoms with van der Waals surface area (Å²) in [4.78, 5) is 0. The molecular weight excluding hydrogens is 184 g/mol. The Kier molecular flexibility index (Phi) is 3.34. The summed E-state index contributed by atoms with van der Waals surface area (Å²) in [5.41, 5.74) is 0. The summed E-state index contributed by atoms with van der Waals surface area (Å²) < 4.78 is 0. The Bertz CT molecular complexity index is 93.1. The molecule has 0 unspecified atom stereocenters. The molecule has 1 aliphatic rings. The lowest BCUT2D eigenvalue weighted by atomic mass is 11.9. The van der Waals surface area contributed by atoms with Crippen molar-refractivity contribution >= 4 is 29.8 Å². The molecule has 4 atom stereocenters. The van der Waals surface area contributed by atoms with E-state index in [0.29, 0.717) is 29.8 Å². The molecule has 54 valence electrons. The first-order valence-electron chi connectivity index (χ1n) is 3.02. The van der Waals surface area contributed by atoms with Crippen LogP contribution >= 0.6 is 29.8 Å². The van der Waals surface area contributed by atoms with Gasteiger partial charge in [0.1, 0.15) is 0 Å². The van der Waals surface area contributed by atoms with Gasteiger partial charge in [0, 0.05) is 0 Å². The summed E-state index contributed by atoms with van der Waals surface area (Å²) >= 11 is 0. The van der Waals surface area contributed by atoms with Crippen LogP contribution in [-0.4, -0.2) is 32.6 Å². The van der Waals surface area contributed by atoms with Crippen molar-refractivity contribution in [1.29, 1.82) is 0 Å². The fourth-order valence-electron chi connectivity index (χ4n) is 0.921. The highest BCUT2D eigenvalue weighted by atomic mass is 32.7. The van der Waals surface area contributed by atoms with Crippen molar-refractivity contribution in [3.05, 3.63) is 0 Å². The van der Waals surface area contributed by atoms with E-state index in [-0.39, 0.29) is 0 Å². The average molecular weight is 198 g/mol. The minimum absolute atomic E-state index is 0.517. The van der Waals surface area contributed by atoms with Gasteiger partial charge in [-0.25, -0.2) is 0 Å². The molecule has 0 bridgehead atoms. The monoisotopic (exact) mass is 198 g/mol. The molecule has 0 saturated carbocycles. The predicted octanol–water partition coefficient (Wildman–Crippen LogP) is 4.15. The number of rotatable bonds is 0. The van der Waals surface area contributed by atoms with Crippen LogP contribution in [0.4, 0.5) is 0 Å². The molecule has 1 aliphatic heterocycles. The lowest BCUT2D eigenvalue weighted by Crippen LogP contribution is -1.62. The van der Waals surface area contributed by atoms with Gasteiger partial charge < -0.3 is 0 Å². The molecule has 0 aliphatic carbocycles. The zero-order valence-corrected chi connectivity index (χ0v) is 10.1. The average Bonchev–Trinajstić information content (AvgIpc) is 1.98. The van der Waals surface area contributed by atoms with Crippen LogP contribution < -0.4 is 0 Å². The van der Waals surface area contributed by atoms with E-state index in [2.05, 4.69) is 26.7 Å². The van der Waals surface area contributed by atoms with Gasteiger partial charge in [0.25, 0.3) is 0 Å². The fraction of sp³-hybridized carbons (Fsp3) is 1.00. The molecule has 0 aromatic heterocycles. The maximum Gasteiger partial charge on any atom is -0.00417 e. The Morgan fingerprint density at radius 1 is 0.778 bits per heavy atom. The van der Waals surface area contributed by atoms with Crippen LogP contribution in [0.15, 0.2) is 0 Å². The van der Waals surface area contributed by atoms with Crippen LogP contribution in [0.3, 0.4) is 0 Å². The van der Waals surface area contributed by atoms with Crippen LogP contribution in [0.2, 0.25) is 0 Å². The molecule has 9 heavy (non-hydrogen) atoms. The molecule has 0 radical (unpaired) electrons. The van der Waals surface area contributed by atoms with E-state index in [9.17, 15) is 0 Å².